The minimum absolute atomic E-state index is 0.0376. The highest BCUT2D eigenvalue weighted by atomic mass is 35.5. The number of hydrogen-bond donors (Lipinski definition) is 0. The smallest absolute Gasteiger partial charge is 0.196 e. The molecule has 0 aromatic carbocycles. The molecule has 2 atom stereocenters. The lowest BCUT2D eigenvalue weighted by Crippen LogP contribution is -2.52. The molecule has 0 radical (unpaired) electrons. The first-order valence-electron chi connectivity index (χ1n) is 3.76. The summed E-state index contributed by atoms with van der Waals surface area (Å²) >= 11 is 29.6. The molecule has 14 heavy (non-hydrogen) atoms. The summed E-state index contributed by atoms with van der Waals surface area (Å²) in [7, 11) is 0. The molecule has 1 aliphatic carbocycles. The van der Waals surface area contributed by atoms with Crippen molar-refractivity contribution in [3.63, 3.8) is 0 Å². The minimum atomic E-state index is -1.41. The first-order valence-corrected chi connectivity index (χ1v) is 5.70. The normalized spacial score (nSPS) is 37.6. The second kappa shape index (κ2) is 3.71. The van der Waals surface area contributed by atoms with Crippen LogP contribution in [0.25, 0.3) is 0 Å². The predicted molar refractivity (Wildman–Crippen MR) is 61.9 cm³/mol. The van der Waals surface area contributed by atoms with Crippen molar-refractivity contribution < 1.29 is 4.79 Å². The fourth-order valence-electron chi connectivity index (χ4n) is 1.18. The predicted octanol–water partition coefficient (Wildman–Crippen LogP) is 3.86. The van der Waals surface area contributed by atoms with Gasteiger partial charge in [0.15, 0.2) is 10.1 Å². The van der Waals surface area contributed by atoms with Gasteiger partial charge >= 0.3 is 0 Å². The molecule has 0 saturated heterocycles. The summed E-state index contributed by atoms with van der Waals surface area (Å²) in [6.45, 7) is 3.00. The van der Waals surface area contributed by atoms with Crippen LogP contribution in [0.5, 0.6) is 0 Å². The van der Waals surface area contributed by atoms with Crippen molar-refractivity contribution in [2.45, 2.75) is 28.4 Å². The van der Waals surface area contributed by atoms with E-state index in [0.717, 1.165) is 0 Å². The van der Waals surface area contributed by atoms with Crippen LogP contribution in [-0.4, -0.2) is 20.4 Å². The Morgan fingerprint density at radius 1 is 1.29 bits per heavy atom. The van der Waals surface area contributed by atoms with Crippen molar-refractivity contribution >= 4 is 63.8 Å². The lowest BCUT2D eigenvalue weighted by Gasteiger charge is -2.39. The molecule has 0 aromatic rings. The van der Waals surface area contributed by atoms with E-state index in [1.54, 1.807) is 6.92 Å². The third-order valence-corrected chi connectivity index (χ3v) is 5.21. The molecule has 0 spiro atoms. The second-order valence-corrected chi connectivity index (χ2v) is 6.31. The number of hydrogen-bond acceptors (Lipinski definition) is 1. The number of carbonyl (C=O) groups is 1. The number of halogens is 5. The molecule has 0 fully saturated rings. The summed E-state index contributed by atoms with van der Waals surface area (Å²) in [5, 5.41) is -0.959. The number of Topliss-reactive ketones (excluding diaryl/α,β-unsaturated/α-hetero) is 1. The SMILES string of the molecule is CC1=C(Cl)C(=O)C(C)(Cl)C(Cl)C1(Cl)Cl. The van der Waals surface area contributed by atoms with Crippen LogP contribution in [0.3, 0.4) is 0 Å². The van der Waals surface area contributed by atoms with Gasteiger partial charge in [0, 0.05) is 0 Å². The highest BCUT2D eigenvalue weighted by molar-refractivity contribution is 6.61. The summed E-state index contributed by atoms with van der Waals surface area (Å²) in [6.07, 6.45) is 0. The Hall–Kier alpha value is 0.860. The zero-order chi connectivity index (χ0) is 11.3. The van der Waals surface area contributed by atoms with Gasteiger partial charge in [-0.1, -0.05) is 34.8 Å². The molecule has 1 aliphatic rings. The van der Waals surface area contributed by atoms with Crippen molar-refractivity contribution in [2.75, 3.05) is 0 Å². The second-order valence-electron chi connectivity index (χ2n) is 3.33. The van der Waals surface area contributed by atoms with Gasteiger partial charge in [-0.3, -0.25) is 4.79 Å². The first-order chi connectivity index (χ1) is 6.13. The molecule has 0 amide bonds. The molecular weight excluding hydrogens is 289 g/mol. The number of allylic oxidation sites excluding steroid dienone is 2. The average Bonchev–Trinajstić information content (AvgIpc) is 2.11. The van der Waals surface area contributed by atoms with E-state index in [0.29, 0.717) is 5.57 Å². The Bertz CT molecular complexity index is 318. The summed E-state index contributed by atoms with van der Waals surface area (Å²) in [5.74, 6) is -0.449. The Kier molecular flexibility index (Phi) is 3.42. The van der Waals surface area contributed by atoms with Gasteiger partial charge in [0.25, 0.3) is 0 Å². The molecule has 0 aliphatic heterocycles. The average molecular weight is 296 g/mol. The molecule has 0 N–H and O–H groups in total. The summed E-state index contributed by atoms with van der Waals surface area (Å²) in [5.41, 5.74) is 0.339. The van der Waals surface area contributed by atoms with Crippen LogP contribution in [0.1, 0.15) is 13.8 Å². The fourth-order valence-corrected chi connectivity index (χ4v) is 2.93. The van der Waals surface area contributed by atoms with Gasteiger partial charge in [0.2, 0.25) is 0 Å². The maximum absolute atomic E-state index is 11.6. The zero-order valence-electron chi connectivity index (χ0n) is 7.38. The van der Waals surface area contributed by atoms with E-state index >= 15 is 0 Å². The van der Waals surface area contributed by atoms with Crippen LogP contribution in [0.15, 0.2) is 10.6 Å². The Labute approximate surface area is 107 Å². The van der Waals surface area contributed by atoms with E-state index in [2.05, 4.69) is 0 Å². The molecular formula is C8H7Cl5O. The van der Waals surface area contributed by atoms with Crippen molar-refractivity contribution in [3.05, 3.63) is 10.6 Å². The lowest BCUT2D eigenvalue weighted by atomic mass is 9.88. The maximum Gasteiger partial charge on any atom is 0.196 e. The van der Waals surface area contributed by atoms with Gasteiger partial charge in [0.05, 0.1) is 10.4 Å². The van der Waals surface area contributed by atoms with Crippen LogP contribution < -0.4 is 0 Å². The molecule has 80 valence electrons. The number of rotatable bonds is 0. The van der Waals surface area contributed by atoms with Crippen LogP contribution in [0, 0.1) is 0 Å². The molecule has 1 rings (SSSR count). The largest absolute Gasteiger partial charge is 0.291 e. The van der Waals surface area contributed by atoms with Crippen molar-refractivity contribution in [1.29, 1.82) is 0 Å². The van der Waals surface area contributed by atoms with E-state index in [4.69, 9.17) is 58.0 Å². The number of alkyl halides is 4. The molecule has 0 aromatic heterocycles. The van der Waals surface area contributed by atoms with Gasteiger partial charge in [-0.05, 0) is 19.4 Å². The van der Waals surface area contributed by atoms with Crippen molar-refractivity contribution in [2.24, 2.45) is 0 Å². The van der Waals surface area contributed by atoms with Gasteiger partial charge < -0.3 is 0 Å². The highest BCUT2D eigenvalue weighted by Gasteiger charge is 2.55. The standard InChI is InChI=1S/C8H7Cl5O/c1-3-4(9)5(14)7(2,11)6(10)8(3,12)13/h6H,1-2H3. The van der Waals surface area contributed by atoms with Crippen LogP contribution in [0.2, 0.25) is 0 Å². The Morgan fingerprint density at radius 3 is 2.14 bits per heavy atom. The van der Waals surface area contributed by atoms with E-state index < -0.39 is 20.4 Å². The Morgan fingerprint density at radius 2 is 1.71 bits per heavy atom. The summed E-state index contributed by atoms with van der Waals surface area (Å²) < 4.78 is -1.41. The molecule has 2 unspecified atom stereocenters. The molecule has 0 heterocycles. The third-order valence-electron chi connectivity index (χ3n) is 2.27. The van der Waals surface area contributed by atoms with Crippen LogP contribution >= 0.6 is 58.0 Å². The number of ketones is 1. The Balaban J connectivity index is 3.39. The van der Waals surface area contributed by atoms with Gasteiger partial charge in [-0.25, -0.2) is 0 Å². The van der Waals surface area contributed by atoms with E-state index in [-0.39, 0.29) is 5.03 Å². The molecule has 6 heteroatoms. The van der Waals surface area contributed by atoms with E-state index in [1.165, 1.54) is 6.92 Å². The van der Waals surface area contributed by atoms with Crippen LogP contribution in [-0.2, 0) is 4.79 Å². The minimum Gasteiger partial charge on any atom is -0.291 e. The lowest BCUT2D eigenvalue weighted by molar-refractivity contribution is -0.117. The first kappa shape index (κ1) is 12.9. The number of carbonyl (C=O) groups excluding carboxylic acids is 1. The van der Waals surface area contributed by atoms with E-state index in [9.17, 15) is 4.79 Å². The van der Waals surface area contributed by atoms with Crippen LogP contribution in [0.4, 0.5) is 0 Å². The van der Waals surface area contributed by atoms with Gasteiger partial charge in [-0.2, -0.15) is 0 Å². The van der Waals surface area contributed by atoms with Gasteiger partial charge in [0.1, 0.15) is 4.87 Å². The van der Waals surface area contributed by atoms with Crippen molar-refractivity contribution in [1.82, 2.24) is 0 Å². The highest BCUT2D eigenvalue weighted by Crippen LogP contribution is 2.50. The van der Waals surface area contributed by atoms with Gasteiger partial charge in [-0.15, -0.1) is 23.2 Å². The fraction of sp³-hybridized carbons (Fsp3) is 0.625. The van der Waals surface area contributed by atoms with Crippen molar-refractivity contribution in [3.8, 4) is 0 Å². The third kappa shape index (κ3) is 1.68. The monoisotopic (exact) mass is 294 g/mol. The topological polar surface area (TPSA) is 17.1 Å². The maximum atomic E-state index is 11.6. The molecule has 1 nitrogen and oxygen atoms in total. The zero-order valence-corrected chi connectivity index (χ0v) is 11.2. The summed E-state index contributed by atoms with van der Waals surface area (Å²) in [4.78, 5) is 10.3. The molecule has 0 bridgehead atoms. The summed E-state index contributed by atoms with van der Waals surface area (Å²) in [6, 6.07) is 0. The molecule has 0 saturated carbocycles. The quantitative estimate of drug-likeness (QED) is 0.620. The van der Waals surface area contributed by atoms with E-state index in [1.807, 2.05) is 0 Å².